The third kappa shape index (κ3) is 2.47. The maximum atomic E-state index is 12.3. The van der Waals surface area contributed by atoms with Gasteiger partial charge in [-0.1, -0.05) is 13.3 Å². The third-order valence-electron chi connectivity index (χ3n) is 4.06. The Labute approximate surface area is 103 Å². The molecule has 1 atom stereocenters. The van der Waals surface area contributed by atoms with E-state index in [1.165, 1.54) is 0 Å². The Kier molecular flexibility index (Phi) is 3.46. The molecule has 2 fully saturated rings. The molecule has 2 N–H and O–H groups in total. The van der Waals surface area contributed by atoms with E-state index in [1.54, 1.807) is 4.90 Å². The summed E-state index contributed by atoms with van der Waals surface area (Å²) in [6, 6.07) is 0. The maximum absolute atomic E-state index is 12.3. The van der Waals surface area contributed by atoms with Gasteiger partial charge in [0, 0.05) is 0 Å². The summed E-state index contributed by atoms with van der Waals surface area (Å²) in [7, 11) is 0. The van der Waals surface area contributed by atoms with Gasteiger partial charge in [0.05, 0.1) is 24.2 Å². The highest BCUT2D eigenvalue weighted by molar-refractivity contribution is 5.87. The number of nitrogens with one attached hydrogen (secondary N) is 1. The number of amides is 1. The van der Waals surface area contributed by atoms with Crippen molar-refractivity contribution in [2.24, 2.45) is 0 Å². The predicted molar refractivity (Wildman–Crippen MR) is 66.7 cm³/mol. The van der Waals surface area contributed by atoms with E-state index in [-0.39, 0.29) is 5.91 Å². The van der Waals surface area contributed by atoms with Gasteiger partial charge in [0.15, 0.2) is 0 Å². The van der Waals surface area contributed by atoms with Gasteiger partial charge in [-0.15, -0.1) is 0 Å². The number of likely N-dealkylation sites (tertiary alicyclic amines) is 1. The van der Waals surface area contributed by atoms with Crippen LogP contribution in [0.5, 0.6) is 0 Å². The number of hydrogen-bond donors (Lipinski definition) is 2. The topological polar surface area (TPSA) is 52.6 Å². The van der Waals surface area contributed by atoms with E-state index in [0.29, 0.717) is 13.1 Å². The van der Waals surface area contributed by atoms with Crippen molar-refractivity contribution < 1.29 is 9.90 Å². The van der Waals surface area contributed by atoms with Crippen molar-refractivity contribution in [2.45, 2.75) is 57.1 Å². The molecule has 1 amide bonds. The summed E-state index contributed by atoms with van der Waals surface area (Å²) in [6.45, 7) is 6.00. The molecule has 1 unspecified atom stereocenters. The summed E-state index contributed by atoms with van der Waals surface area (Å²) < 4.78 is 0. The molecular weight excluding hydrogens is 216 g/mol. The van der Waals surface area contributed by atoms with Crippen LogP contribution < -0.4 is 5.32 Å². The second-order valence-corrected chi connectivity index (χ2v) is 5.85. The van der Waals surface area contributed by atoms with Gasteiger partial charge in [-0.05, 0) is 39.2 Å². The van der Waals surface area contributed by atoms with E-state index in [0.717, 1.165) is 38.6 Å². The fourth-order valence-electron chi connectivity index (χ4n) is 3.02. The van der Waals surface area contributed by atoms with Crippen LogP contribution in [0.4, 0.5) is 0 Å². The molecule has 98 valence electrons. The van der Waals surface area contributed by atoms with Gasteiger partial charge in [0.25, 0.3) is 0 Å². The normalized spacial score (nSPS) is 32.1. The van der Waals surface area contributed by atoms with Crippen LogP contribution >= 0.6 is 0 Å². The zero-order chi connectivity index (χ0) is 12.5. The van der Waals surface area contributed by atoms with Gasteiger partial charge in [-0.25, -0.2) is 0 Å². The fourth-order valence-corrected chi connectivity index (χ4v) is 3.02. The summed E-state index contributed by atoms with van der Waals surface area (Å²) >= 11 is 0. The third-order valence-corrected chi connectivity index (χ3v) is 4.06. The van der Waals surface area contributed by atoms with Crippen LogP contribution in [-0.4, -0.2) is 46.7 Å². The van der Waals surface area contributed by atoms with Crippen LogP contribution in [0.1, 0.15) is 46.0 Å². The molecule has 4 heteroatoms. The van der Waals surface area contributed by atoms with Crippen LogP contribution in [0.15, 0.2) is 0 Å². The molecule has 2 saturated heterocycles. The molecule has 17 heavy (non-hydrogen) atoms. The molecule has 0 bridgehead atoms. The van der Waals surface area contributed by atoms with Gasteiger partial charge in [-0.2, -0.15) is 0 Å². The van der Waals surface area contributed by atoms with Crippen molar-refractivity contribution in [2.75, 3.05) is 19.6 Å². The molecule has 0 aromatic carbocycles. The molecule has 2 heterocycles. The number of rotatable bonds is 3. The molecule has 4 nitrogen and oxygen atoms in total. The van der Waals surface area contributed by atoms with Crippen LogP contribution in [0.2, 0.25) is 0 Å². The highest BCUT2D eigenvalue weighted by atomic mass is 16.3. The lowest BCUT2D eigenvalue weighted by atomic mass is 9.84. The number of nitrogens with zero attached hydrogens (tertiary/aromatic N) is 1. The zero-order valence-corrected chi connectivity index (χ0v) is 11.0. The van der Waals surface area contributed by atoms with Crippen molar-refractivity contribution in [3.8, 4) is 0 Å². The SMILES string of the molecule is CCCC1(O)CN(C(=O)C2(C)CCCCN2)C1. The lowest BCUT2D eigenvalue weighted by molar-refractivity contribution is -0.163. The molecule has 0 spiro atoms. The second-order valence-electron chi connectivity index (χ2n) is 5.85. The van der Waals surface area contributed by atoms with Crippen molar-refractivity contribution in [1.29, 1.82) is 0 Å². The second kappa shape index (κ2) is 4.58. The maximum Gasteiger partial charge on any atom is 0.242 e. The van der Waals surface area contributed by atoms with Crippen LogP contribution in [0, 0.1) is 0 Å². The number of aliphatic hydroxyl groups is 1. The summed E-state index contributed by atoms with van der Waals surface area (Å²) in [4.78, 5) is 14.1. The largest absolute Gasteiger partial charge is 0.386 e. The van der Waals surface area contributed by atoms with Gasteiger partial charge >= 0.3 is 0 Å². The van der Waals surface area contributed by atoms with Gasteiger partial charge in [0.2, 0.25) is 5.91 Å². The summed E-state index contributed by atoms with van der Waals surface area (Å²) in [5.74, 6) is 0.165. The molecule has 0 aromatic heterocycles. The molecule has 0 radical (unpaired) electrons. The van der Waals surface area contributed by atoms with Crippen molar-refractivity contribution in [3.05, 3.63) is 0 Å². The Morgan fingerprint density at radius 1 is 1.41 bits per heavy atom. The van der Waals surface area contributed by atoms with Crippen LogP contribution in [0.3, 0.4) is 0 Å². The average Bonchev–Trinajstić information content (AvgIpc) is 2.26. The summed E-state index contributed by atoms with van der Waals surface area (Å²) in [6.07, 6.45) is 4.94. The predicted octanol–water partition coefficient (Wildman–Crippen LogP) is 0.892. The molecule has 0 aromatic rings. The molecule has 0 aliphatic carbocycles. The van der Waals surface area contributed by atoms with E-state index in [4.69, 9.17) is 0 Å². The number of piperidine rings is 1. The standard InChI is InChI=1S/C13H24N2O2/c1-3-6-13(17)9-15(10-13)11(16)12(2)7-4-5-8-14-12/h14,17H,3-10H2,1-2H3. The Balaban J connectivity index is 1.90. The first-order chi connectivity index (χ1) is 7.99. The van der Waals surface area contributed by atoms with Gasteiger partial charge < -0.3 is 15.3 Å². The lowest BCUT2D eigenvalue weighted by Gasteiger charge is -2.50. The molecule has 2 aliphatic heterocycles. The van der Waals surface area contributed by atoms with Gasteiger partial charge in [0.1, 0.15) is 0 Å². The monoisotopic (exact) mass is 240 g/mol. The van der Waals surface area contributed by atoms with E-state index in [9.17, 15) is 9.90 Å². The quantitative estimate of drug-likeness (QED) is 0.770. The number of β-amino-alcohol motifs (C(OH)–C–C–N with tert-alkyl or cyclic N) is 1. The van der Waals surface area contributed by atoms with Crippen LogP contribution in [-0.2, 0) is 4.79 Å². The van der Waals surface area contributed by atoms with E-state index in [1.807, 2.05) is 6.92 Å². The molecule has 2 aliphatic rings. The Hall–Kier alpha value is -0.610. The Bertz CT molecular complexity index is 292. The number of carbonyl (C=O) groups is 1. The van der Waals surface area contributed by atoms with Crippen molar-refractivity contribution in [3.63, 3.8) is 0 Å². The van der Waals surface area contributed by atoms with E-state index < -0.39 is 11.1 Å². The van der Waals surface area contributed by atoms with E-state index >= 15 is 0 Å². The Morgan fingerprint density at radius 2 is 2.12 bits per heavy atom. The summed E-state index contributed by atoms with van der Waals surface area (Å²) in [5.41, 5.74) is -1.01. The number of carbonyl (C=O) groups excluding carboxylic acids is 1. The van der Waals surface area contributed by atoms with Crippen molar-refractivity contribution >= 4 is 5.91 Å². The fraction of sp³-hybridized carbons (Fsp3) is 0.923. The van der Waals surface area contributed by atoms with E-state index in [2.05, 4.69) is 12.2 Å². The highest BCUT2D eigenvalue weighted by Gasteiger charge is 2.47. The number of hydrogen-bond acceptors (Lipinski definition) is 3. The van der Waals surface area contributed by atoms with Gasteiger partial charge in [-0.3, -0.25) is 4.79 Å². The first kappa shape index (κ1) is 12.8. The molecule has 2 rings (SSSR count). The summed E-state index contributed by atoms with van der Waals surface area (Å²) in [5, 5.41) is 13.4. The first-order valence-corrected chi connectivity index (χ1v) is 6.76. The minimum absolute atomic E-state index is 0.165. The molecular formula is C13H24N2O2. The zero-order valence-electron chi connectivity index (χ0n) is 11.0. The Morgan fingerprint density at radius 3 is 2.65 bits per heavy atom. The minimum atomic E-state index is -0.616. The highest BCUT2D eigenvalue weighted by Crippen LogP contribution is 2.30. The van der Waals surface area contributed by atoms with Crippen molar-refractivity contribution in [1.82, 2.24) is 10.2 Å². The average molecular weight is 240 g/mol. The first-order valence-electron chi connectivity index (χ1n) is 6.76. The van der Waals surface area contributed by atoms with Crippen LogP contribution in [0.25, 0.3) is 0 Å². The lowest BCUT2D eigenvalue weighted by Crippen LogP contribution is -2.69. The minimum Gasteiger partial charge on any atom is -0.386 e. The molecule has 0 saturated carbocycles. The smallest absolute Gasteiger partial charge is 0.242 e.